The predicted octanol–water partition coefficient (Wildman–Crippen LogP) is 1.10. The molecule has 1 saturated heterocycles. The lowest BCUT2D eigenvalue weighted by Gasteiger charge is -2.09. The Balaban J connectivity index is 1.64. The van der Waals surface area contributed by atoms with Gasteiger partial charge in [0.2, 0.25) is 6.39 Å². The molecule has 78 valence electrons. The van der Waals surface area contributed by atoms with Crippen LogP contribution in [0.15, 0.2) is 10.9 Å². The first kappa shape index (κ1) is 9.98. The van der Waals surface area contributed by atoms with E-state index in [1.807, 2.05) is 11.8 Å². The summed E-state index contributed by atoms with van der Waals surface area (Å²) in [5.74, 6) is 2.02. The van der Waals surface area contributed by atoms with Crippen molar-refractivity contribution >= 4 is 11.8 Å². The van der Waals surface area contributed by atoms with Crippen LogP contribution >= 0.6 is 11.8 Å². The SMILES string of the molecule is CC1CC(NCCc2ncon2)CS1. The van der Waals surface area contributed by atoms with E-state index >= 15 is 0 Å². The van der Waals surface area contributed by atoms with Gasteiger partial charge in [-0.15, -0.1) is 0 Å². The van der Waals surface area contributed by atoms with Crippen LogP contribution in [0.25, 0.3) is 0 Å². The largest absolute Gasteiger partial charge is 0.343 e. The summed E-state index contributed by atoms with van der Waals surface area (Å²) in [6.45, 7) is 3.23. The number of rotatable bonds is 4. The molecule has 2 heterocycles. The molecular weight excluding hydrogens is 198 g/mol. The molecule has 2 unspecified atom stereocenters. The average Bonchev–Trinajstić information content (AvgIpc) is 2.77. The minimum absolute atomic E-state index is 0.668. The van der Waals surface area contributed by atoms with Crippen molar-refractivity contribution in [3.63, 3.8) is 0 Å². The van der Waals surface area contributed by atoms with Crippen molar-refractivity contribution in [2.75, 3.05) is 12.3 Å². The highest BCUT2D eigenvalue weighted by Crippen LogP contribution is 2.25. The molecule has 5 heteroatoms. The molecule has 1 aliphatic rings. The molecule has 1 aromatic rings. The van der Waals surface area contributed by atoms with Crippen LogP contribution in [0.3, 0.4) is 0 Å². The molecule has 0 aliphatic carbocycles. The second kappa shape index (κ2) is 4.79. The normalized spacial score (nSPS) is 26.9. The van der Waals surface area contributed by atoms with Crippen LogP contribution in [0.2, 0.25) is 0 Å². The topological polar surface area (TPSA) is 51.0 Å². The maximum absolute atomic E-state index is 4.66. The third kappa shape index (κ3) is 2.72. The Labute approximate surface area is 87.8 Å². The molecule has 1 fully saturated rings. The zero-order chi connectivity index (χ0) is 9.80. The van der Waals surface area contributed by atoms with Gasteiger partial charge < -0.3 is 9.84 Å². The third-order valence-electron chi connectivity index (χ3n) is 2.39. The summed E-state index contributed by atoms with van der Waals surface area (Å²) in [7, 11) is 0. The van der Waals surface area contributed by atoms with Gasteiger partial charge in [0.25, 0.3) is 0 Å². The van der Waals surface area contributed by atoms with Crippen molar-refractivity contribution in [1.29, 1.82) is 0 Å². The van der Waals surface area contributed by atoms with Gasteiger partial charge in [-0.25, -0.2) is 0 Å². The van der Waals surface area contributed by atoms with Gasteiger partial charge in [-0.05, 0) is 6.42 Å². The highest BCUT2D eigenvalue weighted by molar-refractivity contribution is 8.00. The summed E-state index contributed by atoms with van der Waals surface area (Å²) < 4.78 is 4.66. The number of thioether (sulfide) groups is 1. The minimum Gasteiger partial charge on any atom is -0.343 e. The van der Waals surface area contributed by atoms with Crippen LogP contribution in [-0.2, 0) is 6.42 Å². The molecule has 14 heavy (non-hydrogen) atoms. The Bertz CT molecular complexity index is 265. The van der Waals surface area contributed by atoms with Crippen LogP contribution in [0.5, 0.6) is 0 Å². The lowest BCUT2D eigenvalue weighted by molar-refractivity contribution is 0.408. The first-order valence-electron chi connectivity index (χ1n) is 4.95. The Morgan fingerprint density at radius 1 is 1.71 bits per heavy atom. The third-order valence-corrected chi connectivity index (χ3v) is 3.74. The van der Waals surface area contributed by atoms with E-state index in [2.05, 4.69) is 26.9 Å². The standard InChI is InChI=1S/C9H15N3OS/c1-7-4-8(5-14-7)10-3-2-9-11-6-13-12-9/h6-8,10H,2-5H2,1H3. The first-order chi connectivity index (χ1) is 6.84. The average molecular weight is 213 g/mol. The predicted molar refractivity (Wildman–Crippen MR) is 56.3 cm³/mol. The second-order valence-corrected chi connectivity index (χ2v) is 5.10. The lowest BCUT2D eigenvalue weighted by atomic mass is 10.2. The smallest absolute Gasteiger partial charge is 0.213 e. The molecule has 0 spiro atoms. The number of nitrogens with one attached hydrogen (secondary N) is 1. The summed E-state index contributed by atoms with van der Waals surface area (Å²) >= 11 is 2.04. The fourth-order valence-electron chi connectivity index (χ4n) is 1.65. The van der Waals surface area contributed by atoms with Gasteiger partial charge in [0.15, 0.2) is 5.82 Å². The molecule has 0 aromatic carbocycles. The summed E-state index contributed by atoms with van der Waals surface area (Å²) in [4.78, 5) is 3.97. The number of nitrogens with zero attached hydrogens (tertiary/aromatic N) is 2. The van der Waals surface area contributed by atoms with Gasteiger partial charge in [0.05, 0.1) is 0 Å². The molecule has 1 aromatic heterocycles. The number of hydrogen-bond acceptors (Lipinski definition) is 5. The maximum Gasteiger partial charge on any atom is 0.213 e. The highest BCUT2D eigenvalue weighted by atomic mass is 32.2. The van der Waals surface area contributed by atoms with Gasteiger partial charge >= 0.3 is 0 Å². The van der Waals surface area contributed by atoms with E-state index in [1.165, 1.54) is 18.6 Å². The van der Waals surface area contributed by atoms with E-state index < -0.39 is 0 Å². The quantitative estimate of drug-likeness (QED) is 0.811. The summed E-state index contributed by atoms with van der Waals surface area (Å²) in [5.41, 5.74) is 0. The molecule has 4 nitrogen and oxygen atoms in total. The van der Waals surface area contributed by atoms with Crippen molar-refractivity contribution in [3.05, 3.63) is 12.2 Å². The van der Waals surface area contributed by atoms with Crippen molar-refractivity contribution in [3.8, 4) is 0 Å². The van der Waals surface area contributed by atoms with Gasteiger partial charge in [-0.2, -0.15) is 16.7 Å². The monoisotopic (exact) mass is 213 g/mol. The number of aromatic nitrogens is 2. The zero-order valence-electron chi connectivity index (χ0n) is 8.27. The second-order valence-electron chi connectivity index (χ2n) is 3.63. The van der Waals surface area contributed by atoms with Crippen LogP contribution < -0.4 is 5.32 Å². The molecule has 2 rings (SSSR count). The molecule has 0 bridgehead atoms. The Morgan fingerprint density at radius 3 is 3.29 bits per heavy atom. The molecule has 0 amide bonds. The van der Waals surface area contributed by atoms with E-state index in [0.717, 1.165) is 24.0 Å². The van der Waals surface area contributed by atoms with Crippen LogP contribution in [0.4, 0.5) is 0 Å². The zero-order valence-corrected chi connectivity index (χ0v) is 9.09. The molecule has 1 N–H and O–H groups in total. The van der Waals surface area contributed by atoms with Crippen LogP contribution in [0.1, 0.15) is 19.2 Å². The van der Waals surface area contributed by atoms with Crippen molar-refractivity contribution in [2.24, 2.45) is 0 Å². The highest BCUT2D eigenvalue weighted by Gasteiger charge is 2.20. The van der Waals surface area contributed by atoms with Crippen LogP contribution in [-0.4, -0.2) is 33.7 Å². The van der Waals surface area contributed by atoms with Crippen molar-refractivity contribution < 1.29 is 4.52 Å². The Hall–Kier alpha value is -0.550. The van der Waals surface area contributed by atoms with Crippen LogP contribution in [0, 0.1) is 0 Å². The summed E-state index contributed by atoms with van der Waals surface area (Å²) in [5, 5.41) is 8.08. The van der Waals surface area contributed by atoms with E-state index in [1.54, 1.807) is 0 Å². The molecule has 0 saturated carbocycles. The number of hydrogen-bond donors (Lipinski definition) is 1. The summed E-state index contributed by atoms with van der Waals surface area (Å²) in [6.07, 6.45) is 3.51. The first-order valence-corrected chi connectivity index (χ1v) is 5.99. The molecule has 0 radical (unpaired) electrons. The summed E-state index contributed by atoms with van der Waals surface area (Å²) in [6, 6.07) is 0.668. The van der Waals surface area contributed by atoms with E-state index in [9.17, 15) is 0 Å². The van der Waals surface area contributed by atoms with Gasteiger partial charge in [0, 0.05) is 30.0 Å². The van der Waals surface area contributed by atoms with Crippen molar-refractivity contribution in [2.45, 2.75) is 31.1 Å². The van der Waals surface area contributed by atoms with Gasteiger partial charge in [0.1, 0.15) is 0 Å². The van der Waals surface area contributed by atoms with E-state index in [4.69, 9.17) is 0 Å². The fourth-order valence-corrected chi connectivity index (χ4v) is 2.83. The minimum atomic E-state index is 0.668. The fraction of sp³-hybridized carbons (Fsp3) is 0.778. The van der Waals surface area contributed by atoms with Gasteiger partial charge in [-0.3, -0.25) is 0 Å². The van der Waals surface area contributed by atoms with Crippen molar-refractivity contribution in [1.82, 2.24) is 15.5 Å². The van der Waals surface area contributed by atoms with Gasteiger partial charge in [-0.1, -0.05) is 12.1 Å². The Morgan fingerprint density at radius 2 is 2.64 bits per heavy atom. The van der Waals surface area contributed by atoms with E-state index in [0.29, 0.717) is 6.04 Å². The molecular formula is C9H15N3OS. The maximum atomic E-state index is 4.66. The molecule has 1 aliphatic heterocycles. The Kier molecular flexibility index (Phi) is 3.42. The molecule has 2 atom stereocenters. The lowest BCUT2D eigenvalue weighted by Crippen LogP contribution is -2.31. The van der Waals surface area contributed by atoms with E-state index in [-0.39, 0.29) is 0 Å².